The molecule has 0 radical (unpaired) electrons. The Morgan fingerprint density at radius 2 is 1.90 bits per heavy atom. The standard InChI is InChI=1S/C16H26N4/c1-2-20-14(3-4-18-20)16(19-17)15-12-6-10-5-11(8-12)9-13(15)7-10/h3-4,10-13,15-16,19H,2,5-9,17H2,1H3. The monoisotopic (exact) mass is 274 g/mol. The van der Waals surface area contributed by atoms with Crippen molar-refractivity contribution in [3.8, 4) is 0 Å². The molecular formula is C16H26N4. The molecule has 4 fully saturated rings. The Morgan fingerprint density at radius 1 is 1.25 bits per heavy atom. The minimum Gasteiger partial charge on any atom is -0.271 e. The van der Waals surface area contributed by atoms with Gasteiger partial charge in [-0.25, -0.2) is 0 Å². The molecule has 20 heavy (non-hydrogen) atoms. The molecule has 3 N–H and O–H groups in total. The lowest BCUT2D eigenvalue weighted by Gasteiger charge is -2.56. The molecule has 110 valence electrons. The van der Waals surface area contributed by atoms with Gasteiger partial charge in [-0.15, -0.1) is 0 Å². The summed E-state index contributed by atoms with van der Waals surface area (Å²) >= 11 is 0. The Kier molecular flexibility index (Phi) is 3.11. The summed E-state index contributed by atoms with van der Waals surface area (Å²) < 4.78 is 2.11. The highest BCUT2D eigenvalue weighted by atomic mass is 15.3. The number of nitrogens with two attached hydrogens (primary N) is 1. The van der Waals surface area contributed by atoms with Crippen LogP contribution in [0.1, 0.15) is 50.8 Å². The molecule has 0 spiro atoms. The van der Waals surface area contributed by atoms with Crippen molar-refractivity contribution in [1.29, 1.82) is 0 Å². The summed E-state index contributed by atoms with van der Waals surface area (Å²) in [6, 6.07) is 2.44. The van der Waals surface area contributed by atoms with Crippen molar-refractivity contribution in [2.24, 2.45) is 35.4 Å². The van der Waals surface area contributed by atoms with Gasteiger partial charge in [0.15, 0.2) is 0 Å². The van der Waals surface area contributed by atoms with Gasteiger partial charge in [-0.1, -0.05) is 0 Å². The SMILES string of the molecule is CCn1nccc1C(NN)C1C2CC3CC(C2)CC1C3. The molecule has 1 atom stereocenters. The number of hydrogen-bond acceptors (Lipinski definition) is 3. The maximum atomic E-state index is 5.98. The summed E-state index contributed by atoms with van der Waals surface area (Å²) in [7, 11) is 0. The van der Waals surface area contributed by atoms with E-state index in [1.807, 2.05) is 6.20 Å². The maximum Gasteiger partial charge on any atom is 0.0662 e. The average molecular weight is 274 g/mol. The van der Waals surface area contributed by atoms with Crippen molar-refractivity contribution in [3.05, 3.63) is 18.0 Å². The van der Waals surface area contributed by atoms with Crippen LogP contribution in [0, 0.1) is 29.6 Å². The third kappa shape index (κ3) is 1.85. The Balaban J connectivity index is 1.65. The molecule has 4 nitrogen and oxygen atoms in total. The van der Waals surface area contributed by atoms with Crippen LogP contribution >= 0.6 is 0 Å². The first kappa shape index (κ1) is 12.8. The van der Waals surface area contributed by atoms with E-state index >= 15 is 0 Å². The summed E-state index contributed by atoms with van der Waals surface area (Å²) in [4.78, 5) is 0. The Bertz CT molecular complexity index is 453. The van der Waals surface area contributed by atoms with Crippen LogP contribution in [0.2, 0.25) is 0 Å². The highest BCUT2D eigenvalue weighted by Gasteiger charge is 2.51. The van der Waals surface area contributed by atoms with E-state index in [0.29, 0.717) is 0 Å². The van der Waals surface area contributed by atoms with Gasteiger partial charge in [-0.2, -0.15) is 5.10 Å². The van der Waals surface area contributed by atoms with E-state index in [0.717, 1.165) is 36.1 Å². The fourth-order valence-electron chi connectivity index (χ4n) is 5.78. The molecule has 1 aromatic heterocycles. The fourth-order valence-corrected chi connectivity index (χ4v) is 5.78. The van der Waals surface area contributed by atoms with Crippen LogP contribution in [-0.2, 0) is 6.54 Å². The molecule has 4 saturated carbocycles. The number of nitrogens with zero attached hydrogens (tertiary/aromatic N) is 2. The molecule has 0 aromatic carbocycles. The van der Waals surface area contributed by atoms with Gasteiger partial charge in [-0.05, 0) is 74.7 Å². The molecule has 1 unspecified atom stereocenters. The van der Waals surface area contributed by atoms with Gasteiger partial charge < -0.3 is 0 Å². The van der Waals surface area contributed by atoms with Gasteiger partial charge in [0, 0.05) is 12.7 Å². The summed E-state index contributed by atoms with van der Waals surface area (Å²) in [6.07, 6.45) is 9.19. The third-order valence-corrected chi connectivity index (χ3v) is 6.23. The zero-order valence-corrected chi connectivity index (χ0v) is 12.3. The van der Waals surface area contributed by atoms with Gasteiger partial charge in [0.2, 0.25) is 0 Å². The summed E-state index contributed by atoms with van der Waals surface area (Å²) in [5.41, 5.74) is 4.43. The first-order chi connectivity index (χ1) is 9.80. The summed E-state index contributed by atoms with van der Waals surface area (Å²) in [5, 5.41) is 4.44. The van der Waals surface area contributed by atoms with Crippen molar-refractivity contribution < 1.29 is 0 Å². The van der Waals surface area contributed by atoms with E-state index in [2.05, 4.69) is 28.2 Å². The van der Waals surface area contributed by atoms with Gasteiger partial charge in [0.1, 0.15) is 0 Å². The smallest absolute Gasteiger partial charge is 0.0662 e. The lowest BCUT2D eigenvalue weighted by molar-refractivity contribution is -0.0537. The molecule has 5 rings (SSSR count). The predicted octanol–water partition coefficient (Wildman–Crippen LogP) is 2.48. The van der Waals surface area contributed by atoms with Crippen LogP contribution < -0.4 is 11.3 Å². The Morgan fingerprint density at radius 3 is 2.45 bits per heavy atom. The van der Waals surface area contributed by atoms with Gasteiger partial charge >= 0.3 is 0 Å². The van der Waals surface area contributed by atoms with Crippen LogP contribution in [0.5, 0.6) is 0 Å². The minimum absolute atomic E-state index is 0.285. The number of rotatable bonds is 4. The average Bonchev–Trinajstić information content (AvgIpc) is 2.90. The zero-order valence-electron chi connectivity index (χ0n) is 12.3. The molecule has 0 amide bonds. The molecule has 0 aliphatic heterocycles. The zero-order chi connectivity index (χ0) is 13.7. The number of aryl methyl sites for hydroxylation is 1. The molecule has 4 heteroatoms. The highest BCUT2D eigenvalue weighted by Crippen LogP contribution is 2.59. The molecule has 0 saturated heterocycles. The molecule has 4 aliphatic carbocycles. The second-order valence-electron chi connectivity index (χ2n) is 7.22. The van der Waals surface area contributed by atoms with E-state index in [4.69, 9.17) is 5.84 Å². The van der Waals surface area contributed by atoms with Crippen molar-refractivity contribution in [1.82, 2.24) is 15.2 Å². The molecule has 1 heterocycles. The van der Waals surface area contributed by atoms with Crippen molar-refractivity contribution >= 4 is 0 Å². The maximum absolute atomic E-state index is 5.98. The fraction of sp³-hybridized carbons (Fsp3) is 0.812. The Labute approximate surface area is 121 Å². The topological polar surface area (TPSA) is 55.9 Å². The van der Waals surface area contributed by atoms with Gasteiger partial charge in [0.25, 0.3) is 0 Å². The molecule has 4 aliphatic rings. The third-order valence-electron chi connectivity index (χ3n) is 6.23. The lowest BCUT2D eigenvalue weighted by atomic mass is 9.50. The van der Waals surface area contributed by atoms with Crippen molar-refractivity contribution in [2.45, 2.75) is 51.6 Å². The highest BCUT2D eigenvalue weighted by molar-refractivity contribution is 5.13. The largest absolute Gasteiger partial charge is 0.271 e. The normalized spacial score (nSPS) is 40.2. The van der Waals surface area contributed by atoms with Crippen LogP contribution in [-0.4, -0.2) is 9.78 Å². The molecular weight excluding hydrogens is 248 g/mol. The van der Waals surface area contributed by atoms with Crippen molar-refractivity contribution in [3.63, 3.8) is 0 Å². The number of hydrogen-bond donors (Lipinski definition) is 2. The second kappa shape index (κ2) is 4.85. The van der Waals surface area contributed by atoms with Crippen molar-refractivity contribution in [2.75, 3.05) is 0 Å². The van der Waals surface area contributed by atoms with Gasteiger partial charge in [0.05, 0.1) is 11.7 Å². The first-order valence-electron chi connectivity index (χ1n) is 8.28. The molecule has 4 bridgehead atoms. The summed E-state index contributed by atoms with van der Waals surface area (Å²) in [5.74, 6) is 10.5. The van der Waals surface area contributed by atoms with E-state index in [-0.39, 0.29) is 6.04 Å². The summed E-state index contributed by atoms with van der Waals surface area (Å²) in [6.45, 7) is 3.08. The van der Waals surface area contributed by atoms with Crippen LogP contribution in [0.25, 0.3) is 0 Å². The van der Waals surface area contributed by atoms with Crippen LogP contribution in [0.3, 0.4) is 0 Å². The first-order valence-corrected chi connectivity index (χ1v) is 8.28. The Hall–Kier alpha value is -0.870. The van der Waals surface area contributed by atoms with E-state index < -0.39 is 0 Å². The van der Waals surface area contributed by atoms with E-state index in [1.54, 1.807) is 0 Å². The van der Waals surface area contributed by atoms with E-state index in [1.165, 1.54) is 37.8 Å². The predicted molar refractivity (Wildman–Crippen MR) is 78.5 cm³/mol. The molecule has 1 aromatic rings. The van der Waals surface area contributed by atoms with Crippen LogP contribution in [0.15, 0.2) is 12.3 Å². The van der Waals surface area contributed by atoms with Gasteiger partial charge in [-0.3, -0.25) is 16.0 Å². The minimum atomic E-state index is 0.285. The number of aromatic nitrogens is 2. The quantitative estimate of drug-likeness (QED) is 0.655. The number of nitrogens with one attached hydrogen (secondary N) is 1. The van der Waals surface area contributed by atoms with Crippen LogP contribution in [0.4, 0.5) is 0 Å². The van der Waals surface area contributed by atoms with E-state index in [9.17, 15) is 0 Å². The number of hydrazine groups is 1. The lowest BCUT2D eigenvalue weighted by Crippen LogP contribution is -2.51. The second-order valence-corrected chi connectivity index (χ2v) is 7.22.